The summed E-state index contributed by atoms with van der Waals surface area (Å²) in [7, 11) is 0.929. The third-order valence-corrected chi connectivity index (χ3v) is 6.01. The molecule has 0 aromatic heterocycles. The predicted molar refractivity (Wildman–Crippen MR) is 99.8 cm³/mol. The van der Waals surface area contributed by atoms with Crippen molar-refractivity contribution in [2.75, 3.05) is 27.2 Å². The second kappa shape index (κ2) is 7.21. The predicted octanol–water partition coefficient (Wildman–Crippen LogP) is 2.70. The number of sulfonamides is 1. The van der Waals surface area contributed by atoms with Crippen molar-refractivity contribution < 1.29 is 8.42 Å². The molecule has 0 saturated heterocycles. The zero-order chi connectivity index (χ0) is 17.2. The van der Waals surface area contributed by atoms with Crippen LogP contribution in [-0.4, -0.2) is 40.5 Å². The highest BCUT2D eigenvalue weighted by atomic mass is 32.2. The maximum absolute atomic E-state index is 12.2. The van der Waals surface area contributed by atoms with Gasteiger partial charge in [-0.15, -0.1) is 0 Å². The van der Waals surface area contributed by atoms with Crippen LogP contribution < -0.4 is 4.72 Å². The molecule has 4 nitrogen and oxygen atoms in total. The van der Waals surface area contributed by atoms with Crippen molar-refractivity contribution in [1.29, 1.82) is 0 Å². The topological polar surface area (TPSA) is 49.4 Å². The van der Waals surface area contributed by atoms with E-state index in [1.165, 1.54) is 21.9 Å². The van der Waals surface area contributed by atoms with Crippen LogP contribution in [0.4, 0.5) is 0 Å². The largest absolute Gasteiger partial charge is 0.309 e. The average Bonchev–Trinajstić information content (AvgIpc) is 2.51. The lowest BCUT2D eigenvalue weighted by molar-refractivity contribution is 0.413. The number of rotatable bonds is 3. The summed E-state index contributed by atoms with van der Waals surface area (Å²) in [6.45, 7) is 1.52. The smallest absolute Gasteiger partial charge is 0.215 e. The van der Waals surface area contributed by atoms with Crippen molar-refractivity contribution in [3.05, 3.63) is 47.0 Å². The zero-order valence-electron chi connectivity index (χ0n) is 14.5. The second-order valence-corrected chi connectivity index (χ2v) is 8.73. The number of nitrogens with zero attached hydrogens (tertiary/aromatic N) is 1. The van der Waals surface area contributed by atoms with Crippen LogP contribution in [0, 0.1) is 0 Å². The molecule has 1 aliphatic rings. The van der Waals surface area contributed by atoms with E-state index in [0.29, 0.717) is 6.54 Å². The summed E-state index contributed by atoms with van der Waals surface area (Å²) in [5.41, 5.74) is 3.65. The highest BCUT2D eigenvalue weighted by Gasteiger charge is 2.15. The molecular formula is C19H26N2O2S. The van der Waals surface area contributed by atoms with Gasteiger partial charge in [-0.1, -0.05) is 24.3 Å². The van der Waals surface area contributed by atoms with Crippen LogP contribution >= 0.6 is 0 Å². The molecule has 1 N–H and O–H groups in total. The van der Waals surface area contributed by atoms with Gasteiger partial charge in [-0.3, -0.25) is 0 Å². The molecule has 0 saturated carbocycles. The number of hydrogen-bond acceptors (Lipinski definition) is 3. The molecule has 1 heterocycles. The van der Waals surface area contributed by atoms with Gasteiger partial charge < -0.3 is 4.90 Å². The monoisotopic (exact) mass is 346 g/mol. The fourth-order valence-electron chi connectivity index (χ4n) is 3.37. The number of aryl methyl sites for hydroxylation is 1. The van der Waals surface area contributed by atoms with Crippen LogP contribution in [0.15, 0.2) is 30.3 Å². The molecule has 0 spiro atoms. The summed E-state index contributed by atoms with van der Waals surface area (Å²) >= 11 is 0. The Balaban J connectivity index is 2.11. The van der Waals surface area contributed by atoms with Gasteiger partial charge in [0.2, 0.25) is 10.0 Å². The minimum atomic E-state index is -3.25. The maximum Gasteiger partial charge on any atom is 0.215 e. The third-order valence-electron chi connectivity index (χ3n) is 4.66. The number of benzene rings is 2. The van der Waals surface area contributed by atoms with Gasteiger partial charge in [0, 0.05) is 13.1 Å². The SMILES string of the molecule is CN(C)CCc1c2ccc3ccc(cc13)CS(=O)(=O)NCCCC2. The first kappa shape index (κ1) is 17.4. The van der Waals surface area contributed by atoms with Gasteiger partial charge in [0.15, 0.2) is 0 Å². The van der Waals surface area contributed by atoms with E-state index in [1.807, 2.05) is 6.07 Å². The highest BCUT2D eigenvalue weighted by molar-refractivity contribution is 7.88. The standard InChI is InChI=1S/C19H26N2O2S/c1-21(2)12-10-18-16-5-3-4-11-20-24(22,23)14-15-6-7-17(9-8-16)19(18)13-15/h6-9,13,20H,3-5,10-12,14H2,1-2H3. The molecule has 5 heteroatoms. The summed E-state index contributed by atoms with van der Waals surface area (Å²) in [4.78, 5) is 2.20. The van der Waals surface area contributed by atoms with Gasteiger partial charge >= 0.3 is 0 Å². The van der Waals surface area contributed by atoms with E-state index in [9.17, 15) is 8.42 Å². The molecule has 2 aromatic carbocycles. The molecule has 130 valence electrons. The van der Waals surface area contributed by atoms with Crippen LogP contribution in [0.5, 0.6) is 0 Å². The van der Waals surface area contributed by atoms with E-state index in [2.05, 4.69) is 48.0 Å². The second-order valence-electron chi connectivity index (χ2n) is 6.92. The molecule has 3 bridgehead atoms. The van der Waals surface area contributed by atoms with E-state index in [1.54, 1.807) is 0 Å². The average molecular weight is 346 g/mol. The van der Waals surface area contributed by atoms with Crippen LogP contribution in [0.1, 0.15) is 29.5 Å². The van der Waals surface area contributed by atoms with Gasteiger partial charge in [0.05, 0.1) is 5.75 Å². The van der Waals surface area contributed by atoms with E-state index in [4.69, 9.17) is 0 Å². The van der Waals surface area contributed by atoms with E-state index < -0.39 is 10.0 Å². The van der Waals surface area contributed by atoms with E-state index in [-0.39, 0.29) is 5.75 Å². The van der Waals surface area contributed by atoms with Gasteiger partial charge in [-0.25, -0.2) is 13.1 Å². The van der Waals surface area contributed by atoms with Crippen molar-refractivity contribution in [3.8, 4) is 0 Å². The van der Waals surface area contributed by atoms with Crippen LogP contribution in [-0.2, 0) is 28.6 Å². The first-order chi connectivity index (χ1) is 11.4. The third kappa shape index (κ3) is 4.15. The Bertz CT molecular complexity index is 829. The molecule has 2 aromatic rings. The lowest BCUT2D eigenvalue weighted by Crippen LogP contribution is -2.26. The quantitative estimate of drug-likeness (QED) is 0.930. The molecule has 0 amide bonds. The Labute approximate surface area is 144 Å². The van der Waals surface area contributed by atoms with Crippen molar-refractivity contribution in [1.82, 2.24) is 9.62 Å². The number of nitrogens with one attached hydrogen (secondary N) is 1. The Hall–Kier alpha value is -1.43. The van der Waals surface area contributed by atoms with Crippen molar-refractivity contribution in [3.63, 3.8) is 0 Å². The molecule has 0 aliphatic carbocycles. The van der Waals surface area contributed by atoms with Crippen molar-refractivity contribution >= 4 is 20.8 Å². The molecule has 0 fully saturated rings. The normalized spacial score (nSPS) is 18.0. The molecular weight excluding hydrogens is 320 g/mol. The van der Waals surface area contributed by atoms with Gasteiger partial charge in [-0.05, 0) is 73.3 Å². The lowest BCUT2D eigenvalue weighted by atomic mass is 9.92. The molecule has 0 atom stereocenters. The summed E-state index contributed by atoms with van der Waals surface area (Å²) in [6, 6.07) is 10.5. The van der Waals surface area contributed by atoms with Gasteiger partial charge in [0.25, 0.3) is 0 Å². The fraction of sp³-hybridized carbons (Fsp3) is 0.474. The summed E-state index contributed by atoms with van der Waals surface area (Å²) in [5, 5.41) is 2.40. The molecule has 3 rings (SSSR count). The van der Waals surface area contributed by atoms with Crippen molar-refractivity contribution in [2.45, 2.75) is 31.4 Å². The Morgan fingerprint density at radius 1 is 1.12 bits per heavy atom. The number of likely N-dealkylation sites (N-methyl/N-ethyl adjacent to an activating group) is 1. The first-order valence-electron chi connectivity index (χ1n) is 8.60. The molecule has 1 aliphatic heterocycles. The molecule has 0 radical (unpaired) electrons. The number of hydrogen-bond donors (Lipinski definition) is 1. The van der Waals surface area contributed by atoms with Crippen LogP contribution in [0.2, 0.25) is 0 Å². The summed E-state index contributed by atoms with van der Waals surface area (Å²) < 4.78 is 27.1. The van der Waals surface area contributed by atoms with Crippen LogP contribution in [0.3, 0.4) is 0 Å². The summed E-state index contributed by atoms with van der Waals surface area (Å²) in [5.74, 6) is 0.0558. The Morgan fingerprint density at radius 3 is 2.71 bits per heavy atom. The van der Waals surface area contributed by atoms with Crippen LogP contribution in [0.25, 0.3) is 10.8 Å². The first-order valence-corrected chi connectivity index (χ1v) is 10.3. The number of fused-ring (bicyclic) bond motifs is 2. The molecule has 24 heavy (non-hydrogen) atoms. The van der Waals surface area contributed by atoms with Gasteiger partial charge in [0.1, 0.15) is 0 Å². The fourth-order valence-corrected chi connectivity index (χ4v) is 4.54. The van der Waals surface area contributed by atoms with Crippen molar-refractivity contribution in [2.24, 2.45) is 0 Å². The Morgan fingerprint density at radius 2 is 1.92 bits per heavy atom. The lowest BCUT2D eigenvalue weighted by Gasteiger charge is -2.18. The highest BCUT2D eigenvalue weighted by Crippen LogP contribution is 2.27. The maximum atomic E-state index is 12.2. The minimum absolute atomic E-state index is 0.0558. The zero-order valence-corrected chi connectivity index (χ0v) is 15.3. The summed E-state index contributed by atoms with van der Waals surface area (Å²) in [6.07, 6.45) is 3.87. The van der Waals surface area contributed by atoms with Gasteiger partial charge in [-0.2, -0.15) is 0 Å². The van der Waals surface area contributed by atoms with E-state index >= 15 is 0 Å². The molecule has 0 unspecified atom stereocenters. The van der Waals surface area contributed by atoms with E-state index in [0.717, 1.165) is 37.8 Å². The minimum Gasteiger partial charge on any atom is -0.309 e. The Kier molecular flexibility index (Phi) is 5.23.